The number of ether oxygens (including phenoxy) is 1. The molecule has 24 heteroatoms. The van der Waals surface area contributed by atoms with Crippen LogP contribution in [-0.2, 0) is 27.1 Å². The molecule has 1 aliphatic heterocycles. The summed E-state index contributed by atoms with van der Waals surface area (Å²) in [6.07, 6.45) is -5.91. The largest absolute Gasteiger partial charge is 1.00 e. The second kappa shape index (κ2) is 13.3. The van der Waals surface area contributed by atoms with E-state index in [0.717, 1.165) is 0 Å². The van der Waals surface area contributed by atoms with Gasteiger partial charge in [-0.25, -0.2) is 18.0 Å². The number of rotatable bonds is 8. The fraction of sp³-hybridized carbons (Fsp3) is 0.556. The number of aromatic nitrogens is 2. The van der Waals surface area contributed by atoms with Crippen LogP contribution in [0.15, 0.2) is 11.0 Å². The molecule has 1 aliphatic rings. The first-order valence-electron chi connectivity index (χ1n) is 7.36. The molecule has 0 spiro atoms. The van der Waals surface area contributed by atoms with Gasteiger partial charge in [0.1, 0.15) is 18.3 Å². The summed E-state index contributed by atoms with van der Waals surface area (Å²) >= 11 is 0. The molecule has 2 rings (SSSR count). The van der Waals surface area contributed by atoms with Gasteiger partial charge in [0.2, 0.25) is 0 Å². The summed E-state index contributed by atoms with van der Waals surface area (Å²) in [4.78, 5) is 54.8. The summed E-state index contributed by atoms with van der Waals surface area (Å²) in [5, 5.41) is 28.7. The van der Waals surface area contributed by atoms with Gasteiger partial charge in [-0.1, -0.05) is 0 Å². The Morgan fingerprint density at radius 3 is 2.15 bits per heavy atom. The minimum Gasteiger partial charge on any atom is -0.756 e. The summed E-state index contributed by atoms with van der Waals surface area (Å²) in [5.74, 6) is -1.91. The standard InChI is InChI=1S/C9H16N3O15P3.2Na.H2O/c10-7-3(25-29(20,21)27-30(22,23)26-28(17,18)19)1-12(9(16)11-7)8-6(15)5(14)4(2-13)24-8;;;/h1,4-6,8,13-15H,2H2,(H,20,21)(H,22,23)(H2,10,11,16)(H2,17,18,19);;;1H2/q;2*+1;/p-2/t4-,5-,6-,8-;;;/m1.../s1. The fourth-order valence-corrected chi connectivity index (χ4v) is 5.19. The monoisotopic (exact) mass is 561 g/mol. The van der Waals surface area contributed by atoms with Gasteiger partial charge in [-0.2, -0.15) is 4.98 Å². The van der Waals surface area contributed by atoms with E-state index in [0.29, 0.717) is 10.8 Å². The smallest absolute Gasteiger partial charge is 0.756 e. The van der Waals surface area contributed by atoms with Crippen molar-refractivity contribution in [3.8, 4) is 5.75 Å². The van der Waals surface area contributed by atoms with E-state index in [9.17, 15) is 38.5 Å². The number of phosphoric ester groups is 1. The molecular formula is C9H16N3Na2O16P3. The van der Waals surface area contributed by atoms with Crippen LogP contribution in [-0.4, -0.2) is 65.1 Å². The van der Waals surface area contributed by atoms with Crippen LogP contribution in [0.4, 0.5) is 5.82 Å². The predicted octanol–water partition coefficient (Wildman–Crippen LogP) is -10.9. The van der Waals surface area contributed by atoms with Gasteiger partial charge in [0.05, 0.1) is 12.8 Å². The quantitative estimate of drug-likeness (QED) is 0.127. The van der Waals surface area contributed by atoms with Crippen molar-refractivity contribution < 1.29 is 131 Å². The second-order valence-corrected chi connectivity index (χ2v) is 9.81. The first kappa shape index (κ1) is 35.9. The van der Waals surface area contributed by atoms with Crippen LogP contribution in [0.1, 0.15) is 6.23 Å². The Bertz CT molecular complexity index is 1000. The summed E-state index contributed by atoms with van der Waals surface area (Å²) in [5.41, 5.74) is 4.10. The van der Waals surface area contributed by atoms with Gasteiger partial charge in [-0.15, -0.1) is 0 Å². The molecule has 3 unspecified atom stereocenters. The Morgan fingerprint density at radius 1 is 1.15 bits per heavy atom. The van der Waals surface area contributed by atoms with Crippen molar-refractivity contribution in [3.63, 3.8) is 0 Å². The fourth-order valence-electron chi connectivity index (χ4n) is 2.23. The zero-order valence-corrected chi connectivity index (χ0v) is 23.4. The normalized spacial score (nSPS) is 27.5. The molecule has 0 amide bonds. The molecule has 1 fully saturated rings. The maximum absolute atomic E-state index is 12.0. The molecule has 1 saturated heterocycles. The van der Waals surface area contributed by atoms with Crippen molar-refractivity contribution in [2.75, 3.05) is 12.3 Å². The molecule has 2 heterocycles. The van der Waals surface area contributed by atoms with Crippen LogP contribution < -0.4 is 84.8 Å². The summed E-state index contributed by atoms with van der Waals surface area (Å²) in [7, 11) is -17.8. The van der Waals surface area contributed by atoms with Gasteiger partial charge >= 0.3 is 80.4 Å². The molecule has 7 atom stereocenters. The van der Waals surface area contributed by atoms with E-state index in [2.05, 4.69) is 18.1 Å². The van der Waals surface area contributed by atoms with Gasteiger partial charge in [0.25, 0.3) is 7.82 Å². The first-order valence-corrected chi connectivity index (χ1v) is 11.8. The van der Waals surface area contributed by atoms with E-state index in [-0.39, 0.29) is 64.6 Å². The van der Waals surface area contributed by atoms with Gasteiger partial charge in [-0.05, 0) is 0 Å². The number of anilines is 1. The van der Waals surface area contributed by atoms with Gasteiger partial charge in [0.15, 0.2) is 17.8 Å². The van der Waals surface area contributed by atoms with E-state index in [1.54, 1.807) is 0 Å². The van der Waals surface area contributed by atoms with Crippen LogP contribution in [0.3, 0.4) is 0 Å². The molecular weight excluding hydrogens is 545 g/mol. The maximum Gasteiger partial charge on any atom is 1.00 e. The zero-order chi connectivity index (χ0) is 23.1. The second-order valence-electron chi connectivity index (χ2n) is 5.55. The average molecular weight is 561 g/mol. The van der Waals surface area contributed by atoms with Crippen molar-refractivity contribution in [2.45, 2.75) is 24.5 Å². The Morgan fingerprint density at radius 2 is 1.70 bits per heavy atom. The Labute approximate surface area is 227 Å². The molecule has 0 aromatic carbocycles. The number of nitrogens with zero attached hydrogens (tertiary/aromatic N) is 2. The number of nitrogens with two attached hydrogens (primary N) is 1. The van der Waals surface area contributed by atoms with Crippen LogP contribution in [0.2, 0.25) is 0 Å². The SMILES string of the molecule is Nc1nc(=O)n([C@@H]2O[C@H](CO)[C@@H](O)[C@H]2O)cc1OP(=O)([O-])OP(=O)(O)OP(=O)([O-])O.O.[Na+].[Na+]. The Kier molecular flexibility index (Phi) is 14.5. The Hall–Kier alpha value is 0.730. The van der Waals surface area contributed by atoms with Gasteiger partial charge in [0, 0.05) is 0 Å². The van der Waals surface area contributed by atoms with E-state index in [1.165, 1.54) is 0 Å². The molecule has 0 aliphatic carbocycles. The van der Waals surface area contributed by atoms with Crippen molar-refractivity contribution in [1.29, 1.82) is 0 Å². The molecule has 9 N–H and O–H groups in total. The molecule has 33 heavy (non-hydrogen) atoms. The average Bonchev–Trinajstić information content (AvgIpc) is 2.81. The Balaban J connectivity index is 0. The van der Waals surface area contributed by atoms with Crippen molar-refractivity contribution in [2.24, 2.45) is 0 Å². The zero-order valence-electron chi connectivity index (χ0n) is 16.7. The number of hydrogen-bond donors (Lipinski definition) is 6. The van der Waals surface area contributed by atoms with Crippen LogP contribution >= 0.6 is 23.5 Å². The molecule has 0 bridgehead atoms. The van der Waals surface area contributed by atoms with Crippen molar-refractivity contribution in [3.05, 3.63) is 16.7 Å². The van der Waals surface area contributed by atoms with E-state index < -0.39 is 71.9 Å². The van der Waals surface area contributed by atoms with Crippen LogP contribution in [0, 0.1) is 0 Å². The van der Waals surface area contributed by atoms with Crippen LogP contribution in [0.25, 0.3) is 0 Å². The van der Waals surface area contributed by atoms with Gasteiger partial charge < -0.3 is 55.4 Å². The summed E-state index contributed by atoms with van der Waals surface area (Å²) in [6, 6.07) is 0. The predicted molar refractivity (Wildman–Crippen MR) is 89.6 cm³/mol. The van der Waals surface area contributed by atoms with Crippen LogP contribution in [0.5, 0.6) is 5.75 Å². The molecule has 19 nitrogen and oxygen atoms in total. The van der Waals surface area contributed by atoms with Gasteiger partial charge in [-0.3, -0.25) is 13.7 Å². The number of phosphoric acid groups is 3. The van der Waals surface area contributed by atoms with E-state index in [1.807, 2.05) is 0 Å². The molecule has 1 aromatic heterocycles. The van der Waals surface area contributed by atoms with E-state index >= 15 is 0 Å². The third kappa shape index (κ3) is 9.95. The number of hydrogen-bond acceptors (Lipinski definition) is 15. The first-order chi connectivity index (χ1) is 13.6. The summed E-state index contributed by atoms with van der Waals surface area (Å²) < 4.78 is 50.0. The number of aliphatic hydroxyl groups is 3. The molecule has 1 aromatic rings. The molecule has 180 valence electrons. The number of aliphatic hydroxyl groups excluding tert-OH is 3. The molecule has 0 radical (unpaired) electrons. The van der Waals surface area contributed by atoms with E-state index in [4.69, 9.17) is 25.4 Å². The molecule has 0 saturated carbocycles. The summed E-state index contributed by atoms with van der Waals surface area (Å²) in [6.45, 7) is -0.751. The number of nitrogen functional groups attached to an aromatic ring is 1. The third-order valence-corrected chi connectivity index (χ3v) is 7.05. The van der Waals surface area contributed by atoms with Crippen molar-refractivity contribution in [1.82, 2.24) is 9.55 Å². The minimum atomic E-state index is -5.95. The van der Waals surface area contributed by atoms with Crippen molar-refractivity contribution >= 4 is 29.3 Å². The third-order valence-electron chi connectivity index (χ3n) is 3.36. The maximum atomic E-state index is 12.0. The minimum absolute atomic E-state index is 0. The topological polar surface area (TPSA) is 328 Å².